The maximum absolute atomic E-state index is 12.3. The summed E-state index contributed by atoms with van der Waals surface area (Å²) < 4.78 is 0. The van der Waals surface area contributed by atoms with Gasteiger partial charge in [-0.25, -0.2) is 0 Å². The zero-order chi connectivity index (χ0) is 26.5. The number of carbonyl (C=O) groups is 2. The second-order valence-corrected chi connectivity index (χ2v) is 9.73. The minimum absolute atomic E-state index is 0.0112. The molecule has 2 aromatic carbocycles. The number of hydrogen-bond acceptors (Lipinski definition) is 5. The molecule has 0 aromatic heterocycles. The monoisotopic (exact) mass is 504 g/mol. The minimum atomic E-state index is -0.0112. The normalized spacial score (nSPS) is 13.9. The molecule has 0 saturated carbocycles. The molecule has 1 fully saturated rings. The van der Waals surface area contributed by atoms with E-state index in [9.17, 15) is 14.7 Å². The first kappa shape index (κ1) is 28.1. The lowest BCUT2D eigenvalue weighted by Gasteiger charge is -2.32. The molecule has 4 N–H and O–H groups in total. The molecule has 2 amide bonds. The van der Waals surface area contributed by atoms with E-state index in [1.807, 2.05) is 49.4 Å². The molecule has 0 radical (unpaired) electrons. The lowest BCUT2D eigenvalue weighted by molar-refractivity contribution is -0.122. The number of aryl methyl sites for hydroxylation is 1. The molecule has 0 unspecified atom stereocenters. The van der Waals surface area contributed by atoms with Crippen LogP contribution in [0, 0.1) is 18.8 Å². The maximum atomic E-state index is 12.3. The lowest BCUT2D eigenvalue weighted by Crippen LogP contribution is -2.44. The van der Waals surface area contributed by atoms with E-state index in [-0.39, 0.29) is 17.9 Å². The summed E-state index contributed by atoms with van der Waals surface area (Å²) in [6.45, 7) is 7.06. The van der Waals surface area contributed by atoms with E-state index < -0.39 is 0 Å². The van der Waals surface area contributed by atoms with Crippen LogP contribution in [0.25, 0.3) is 0 Å². The highest BCUT2D eigenvalue weighted by atomic mass is 16.3. The van der Waals surface area contributed by atoms with Gasteiger partial charge >= 0.3 is 0 Å². The van der Waals surface area contributed by atoms with Crippen molar-refractivity contribution in [2.75, 3.05) is 31.5 Å². The summed E-state index contributed by atoms with van der Waals surface area (Å²) in [6, 6.07) is 14.1. The van der Waals surface area contributed by atoms with Crippen molar-refractivity contribution in [2.45, 2.75) is 65.0 Å². The van der Waals surface area contributed by atoms with Crippen LogP contribution in [-0.2, 0) is 16.1 Å². The summed E-state index contributed by atoms with van der Waals surface area (Å²) in [6.07, 6.45) is 5.00. The molecule has 0 spiro atoms. The Balaban J connectivity index is 1.41. The lowest BCUT2D eigenvalue weighted by atomic mass is 10.0. The summed E-state index contributed by atoms with van der Waals surface area (Å²) in [4.78, 5) is 25.5. The zero-order valence-electron chi connectivity index (χ0n) is 22.1. The number of phenols is 1. The van der Waals surface area contributed by atoms with Gasteiger partial charge in [0.2, 0.25) is 11.8 Å². The number of amides is 2. The Bertz CT molecular complexity index is 1080. The number of benzene rings is 2. The van der Waals surface area contributed by atoms with Crippen LogP contribution in [0.4, 0.5) is 5.69 Å². The molecule has 2 aromatic rings. The molecule has 1 heterocycles. The van der Waals surface area contributed by atoms with Crippen LogP contribution in [0.1, 0.15) is 62.1 Å². The SMILES string of the molecule is CC(=O)NCCCCCC(=O)NC1CCN(Cc2cc(C#CCNc3ccccc3)cc(C)c2O)CC1. The molecule has 3 rings (SSSR count). The highest BCUT2D eigenvalue weighted by molar-refractivity contribution is 5.76. The number of rotatable bonds is 11. The van der Waals surface area contributed by atoms with Gasteiger partial charge in [-0.2, -0.15) is 0 Å². The van der Waals surface area contributed by atoms with Crippen LogP contribution in [0.15, 0.2) is 42.5 Å². The molecule has 1 aliphatic rings. The number of unbranched alkanes of at least 4 members (excludes halogenated alkanes) is 2. The fourth-order valence-corrected chi connectivity index (χ4v) is 4.52. The van der Waals surface area contributed by atoms with Crippen molar-refractivity contribution < 1.29 is 14.7 Å². The molecule has 1 aliphatic heterocycles. The standard InChI is InChI=1S/C30H40N4O3/c1-23-20-25(10-9-17-32-27-11-5-3-6-12-27)21-26(30(23)37)22-34-18-14-28(15-19-34)33-29(36)13-7-4-8-16-31-24(2)35/h3,5-6,11-12,20-21,28,32,37H,4,7-8,13-19,22H2,1-2H3,(H,31,35)(H,33,36). The van der Waals surface area contributed by atoms with Gasteiger partial charge in [0.05, 0.1) is 6.54 Å². The summed E-state index contributed by atoms with van der Waals surface area (Å²) >= 11 is 0. The van der Waals surface area contributed by atoms with E-state index in [0.717, 1.165) is 67.6 Å². The minimum Gasteiger partial charge on any atom is -0.507 e. The van der Waals surface area contributed by atoms with Crippen LogP contribution in [-0.4, -0.2) is 54.0 Å². The number of phenolic OH excluding ortho intramolecular Hbond substituents is 1. The Hall–Kier alpha value is -3.50. The molecule has 0 aliphatic carbocycles. The maximum Gasteiger partial charge on any atom is 0.220 e. The average Bonchev–Trinajstić information content (AvgIpc) is 2.88. The van der Waals surface area contributed by atoms with Crippen LogP contribution in [0.2, 0.25) is 0 Å². The molecular formula is C30H40N4O3. The van der Waals surface area contributed by atoms with Gasteiger partial charge in [-0.3, -0.25) is 14.5 Å². The molecule has 7 heteroatoms. The van der Waals surface area contributed by atoms with Gasteiger partial charge in [0, 0.05) is 62.4 Å². The summed E-state index contributed by atoms with van der Waals surface area (Å²) in [5.74, 6) is 6.82. The molecule has 1 saturated heterocycles. The van der Waals surface area contributed by atoms with Crippen molar-refractivity contribution in [3.05, 3.63) is 59.2 Å². The quantitative estimate of drug-likeness (QED) is 0.275. The molecule has 198 valence electrons. The number of nitrogens with one attached hydrogen (secondary N) is 3. The Kier molecular flexibility index (Phi) is 11.3. The third-order valence-electron chi connectivity index (χ3n) is 6.57. The number of likely N-dealkylation sites (tertiary alicyclic amines) is 1. The average molecular weight is 505 g/mol. The number of anilines is 1. The molecule has 0 atom stereocenters. The highest BCUT2D eigenvalue weighted by Crippen LogP contribution is 2.26. The Morgan fingerprint density at radius 2 is 1.84 bits per heavy atom. The van der Waals surface area contributed by atoms with Crippen molar-refractivity contribution >= 4 is 17.5 Å². The van der Waals surface area contributed by atoms with Gasteiger partial charge in [0.1, 0.15) is 5.75 Å². The van der Waals surface area contributed by atoms with Crippen molar-refractivity contribution in [3.63, 3.8) is 0 Å². The fourth-order valence-electron chi connectivity index (χ4n) is 4.52. The Morgan fingerprint density at radius 1 is 1.08 bits per heavy atom. The van der Waals surface area contributed by atoms with E-state index in [4.69, 9.17) is 0 Å². The number of aromatic hydroxyl groups is 1. The van der Waals surface area contributed by atoms with E-state index in [1.54, 1.807) is 0 Å². The van der Waals surface area contributed by atoms with Gasteiger partial charge in [-0.15, -0.1) is 0 Å². The predicted octanol–water partition coefficient (Wildman–Crippen LogP) is 3.94. The first-order chi connectivity index (χ1) is 17.9. The number of para-hydroxylation sites is 1. The first-order valence-corrected chi connectivity index (χ1v) is 13.3. The highest BCUT2D eigenvalue weighted by Gasteiger charge is 2.21. The number of nitrogens with zero attached hydrogens (tertiary/aromatic N) is 1. The van der Waals surface area contributed by atoms with Crippen molar-refractivity contribution in [2.24, 2.45) is 0 Å². The van der Waals surface area contributed by atoms with Gasteiger partial charge < -0.3 is 21.1 Å². The second kappa shape index (κ2) is 14.9. The van der Waals surface area contributed by atoms with Crippen molar-refractivity contribution in [1.29, 1.82) is 0 Å². The van der Waals surface area contributed by atoms with E-state index in [1.165, 1.54) is 6.92 Å². The van der Waals surface area contributed by atoms with Gasteiger partial charge in [-0.05, 0) is 62.4 Å². The van der Waals surface area contributed by atoms with Crippen LogP contribution < -0.4 is 16.0 Å². The van der Waals surface area contributed by atoms with Gasteiger partial charge in [-0.1, -0.05) is 36.5 Å². The number of hydrogen-bond donors (Lipinski definition) is 4. The van der Waals surface area contributed by atoms with Crippen LogP contribution >= 0.6 is 0 Å². The summed E-state index contributed by atoms with van der Waals surface area (Å²) in [5, 5.41) is 19.9. The summed E-state index contributed by atoms with van der Waals surface area (Å²) in [7, 11) is 0. The topological polar surface area (TPSA) is 93.7 Å². The molecular weight excluding hydrogens is 464 g/mol. The number of piperidine rings is 1. The van der Waals surface area contributed by atoms with E-state index in [2.05, 4.69) is 32.7 Å². The van der Waals surface area contributed by atoms with Gasteiger partial charge in [0.15, 0.2) is 0 Å². The van der Waals surface area contributed by atoms with E-state index in [0.29, 0.717) is 31.8 Å². The third-order valence-corrected chi connectivity index (χ3v) is 6.57. The van der Waals surface area contributed by atoms with Gasteiger partial charge in [0.25, 0.3) is 0 Å². The molecule has 7 nitrogen and oxygen atoms in total. The van der Waals surface area contributed by atoms with Crippen LogP contribution in [0.3, 0.4) is 0 Å². The van der Waals surface area contributed by atoms with E-state index >= 15 is 0 Å². The Morgan fingerprint density at radius 3 is 2.57 bits per heavy atom. The third kappa shape index (κ3) is 10.2. The second-order valence-electron chi connectivity index (χ2n) is 9.73. The fraction of sp³-hybridized carbons (Fsp3) is 0.467. The van der Waals surface area contributed by atoms with Crippen molar-refractivity contribution in [1.82, 2.24) is 15.5 Å². The smallest absolute Gasteiger partial charge is 0.220 e. The van der Waals surface area contributed by atoms with Crippen molar-refractivity contribution in [3.8, 4) is 17.6 Å². The predicted molar refractivity (Wildman–Crippen MR) is 148 cm³/mol. The first-order valence-electron chi connectivity index (χ1n) is 13.3. The van der Waals surface area contributed by atoms with Crippen LogP contribution in [0.5, 0.6) is 5.75 Å². The Labute approximate surface area is 221 Å². The largest absolute Gasteiger partial charge is 0.507 e. The summed E-state index contributed by atoms with van der Waals surface area (Å²) in [5.41, 5.74) is 3.66. The molecule has 37 heavy (non-hydrogen) atoms. The zero-order valence-corrected chi connectivity index (χ0v) is 22.1. The number of carbonyl (C=O) groups excluding carboxylic acids is 2. The molecule has 0 bridgehead atoms.